The Morgan fingerprint density at radius 2 is 1.39 bits per heavy atom. The SMILES string of the molecule is C=C(CCCCCCCCCCCC)C(=O)OC1CCCCC1.C=CC(=O)O. The molecule has 1 aliphatic rings. The number of carboxylic acids is 1. The second kappa shape index (κ2) is 18.8. The summed E-state index contributed by atoms with van der Waals surface area (Å²) in [6.45, 7) is 9.14. The lowest BCUT2D eigenvalue weighted by Crippen LogP contribution is -2.21. The van der Waals surface area contributed by atoms with E-state index in [9.17, 15) is 9.59 Å². The van der Waals surface area contributed by atoms with Crippen LogP contribution in [0.25, 0.3) is 0 Å². The van der Waals surface area contributed by atoms with Gasteiger partial charge in [0.05, 0.1) is 0 Å². The van der Waals surface area contributed by atoms with E-state index in [1.807, 2.05) is 0 Å². The fraction of sp³-hybridized carbons (Fsp3) is 0.750. The number of carbonyl (C=O) groups is 2. The van der Waals surface area contributed by atoms with Gasteiger partial charge < -0.3 is 9.84 Å². The average Bonchev–Trinajstić information content (AvgIpc) is 2.70. The molecular weight excluding hydrogens is 352 g/mol. The fourth-order valence-electron chi connectivity index (χ4n) is 3.35. The van der Waals surface area contributed by atoms with Crippen molar-refractivity contribution >= 4 is 11.9 Å². The summed E-state index contributed by atoms with van der Waals surface area (Å²) >= 11 is 0. The van der Waals surface area contributed by atoms with E-state index < -0.39 is 5.97 Å². The fourth-order valence-corrected chi connectivity index (χ4v) is 3.35. The number of aliphatic carboxylic acids is 1. The van der Waals surface area contributed by atoms with Crippen molar-refractivity contribution in [3.05, 3.63) is 24.8 Å². The van der Waals surface area contributed by atoms with E-state index in [-0.39, 0.29) is 12.1 Å². The van der Waals surface area contributed by atoms with Gasteiger partial charge >= 0.3 is 11.9 Å². The van der Waals surface area contributed by atoms with E-state index in [0.29, 0.717) is 5.57 Å². The smallest absolute Gasteiger partial charge is 0.333 e. The summed E-state index contributed by atoms with van der Waals surface area (Å²) in [5.41, 5.74) is 0.676. The van der Waals surface area contributed by atoms with Crippen LogP contribution in [0.4, 0.5) is 0 Å². The number of rotatable bonds is 14. The minimum absolute atomic E-state index is 0.146. The first-order valence-electron chi connectivity index (χ1n) is 11.2. The number of hydrogen-bond acceptors (Lipinski definition) is 3. The highest BCUT2D eigenvalue weighted by molar-refractivity contribution is 5.87. The molecule has 162 valence electrons. The van der Waals surface area contributed by atoms with Crippen molar-refractivity contribution in [1.82, 2.24) is 0 Å². The van der Waals surface area contributed by atoms with Crippen LogP contribution in [0.15, 0.2) is 24.8 Å². The van der Waals surface area contributed by atoms with E-state index in [0.717, 1.165) is 31.8 Å². The van der Waals surface area contributed by atoms with Gasteiger partial charge in [-0.1, -0.05) is 84.3 Å². The topological polar surface area (TPSA) is 63.6 Å². The van der Waals surface area contributed by atoms with E-state index in [1.54, 1.807) is 0 Å². The van der Waals surface area contributed by atoms with Crippen molar-refractivity contribution in [3.63, 3.8) is 0 Å². The Morgan fingerprint density at radius 1 is 0.929 bits per heavy atom. The monoisotopic (exact) mass is 394 g/mol. The number of ether oxygens (including phenoxy) is 1. The molecule has 0 aliphatic heterocycles. The largest absolute Gasteiger partial charge is 0.478 e. The van der Waals surface area contributed by atoms with Crippen molar-refractivity contribution in [1.29, 1.82) is 0 Å². The molecule has 0 aromatic carbocycles. The zero-order chi connectivity index (χ0) is 21.0. The third-order valence-electron chi connectivity index (χ3n) is 5.12. The zero-order valence-electron chi connectivity index (χ0n) is 18.1. The molecule has 28 heavy (non-hydrogen) atoms. The number of carboxylic acid groups (broad SMARTS) is 1. The number of carbonyl (C=O) groups excluding carboxylic acids is 1. The summed E-state index contributed by atoms with van der Waals surface area (Å²) in [6.07, 6.45) is 20.7. The van der Waals surface area contributed by atoms with E-state index >= 15 is 0 Å². The van der Waals surface area contributed by atoms with Gasteiger partial charge in [-0.2, -0.15) is 0 Å². The predicted octanol–water partition coefficient (Wildman–Crippen LogP) is 6.99. The predicted molar refractivity (Wildman–Crippen MR) is 116 cm³/mol. The molecule has 1 saturated carbocycles. The van der Waals surface area contributed by atoms with Crippen LogP contribution < -0.4 is 0 Å². The van der Waals surface area contributed by atoms with Gasteiger partial charge in [-0.3, -0.25) is 0 Å². The number of esters is 1. The van der Waals surface area contributed by atoms with Gasteiger partial charge in [0.25, 0.3) is 0 Å². The molecule has 4 heteroatoms. The van der Waals surface area contributed by atoms with Gasteiger partial charge in [0.2, 0.25) is 0 Å². The van der Waals surface area contributed by atoms with Crippen LogP contribution in [0.3, 0.4) is 0 Å². The van der Waals surface area contributed by atoms with Gasteiger partial charge in [0.1, 0.15) is 6.10 Å². The van der Waals surface area contributed by atoms with E-state index in [1.165, 1.54) is 77.0 Å². The van der Waals surface area contributed by atoms with Crippen molar-refractivity contribution < 1.29 is 19.4 Å². The van der Waals surface area contributed by atoms with E-state index in [4.69, 9.17) is 9.84 Å². The maximum absolute atomic E-state index is 12.0. The summed E-state index contributed by atoms with van der Waals surface area (Å²) in [5.74, 6) is -1.13. The highest BCUT2D eigenvalue weighted by Crippen LogP contribution is 2.22. The maximum Gasteiger partial charge on any atom is 0.333 e. The molecule has 1 rings (SSSR count). The zero-order valence-corrected chi connectivity index (χ0v) is 18.1. The molecule has 1 aliphatic carbocycles. The Bertz CT molecular complexity index is 436. The Kier molecular flexibility index (Phi) is 17.7. The molecule has 0 aromatic heterocycles. The van der Waals surface area contributed by atoms with Crippen LogP contribution in [-0.4, -0.2) is 23.1 Å². The Morgan fingerprint density at radius 3 is 1.86 bits per heavy atom. The minimum atomic E-state index is -0.981. The molecule has 4 nitrogen and oxygen atoms in total. The van der Waals surface area contributed by atoms with Crippen molar-refractivity contribution in [2.75, 3.05) is 0 Å². The standard InChI is InChI=1S/C21H38O2.C3H4O2/c1-3-4-5-6-7-8-9-10-11-13-16-19(2)21(22)23-20-17-14-12-15-18-20;1-2-3(4)5/h20H,2-18H2,1H3;2H,1H2,(H,4,5). The summed E-state index contributed by atoms with van der Waals surface area (Å²) in [5, 5.41) is 7.60. The molecule has 0 saturated heterocycles. The van der Waals surface area contributed by atoms with Crippen molar-refractivity contribution in [2.24, 2.45) is 0 Å². The average molecular weight is 395 g/mol. The third kappa shape index (κ3) is 16.6. The molecule has 0 aromatic rings. The Labute approximate surface area is 172 Å². The number of unbranched alkanes of at least 4 members (excludes halogenated alkanes) is 9. The second-order valence-electron chi connectivity index (χ2n) is 7.74. The van der Waals surface area contributed by atoms with Crippen molar-refractivity contribution in [2.45, 2.75) is 116 Å². The van der Waals surface area contributed by atoms with Gasteiger partial charge in [-0.15, -0.1) is 0 Å². The molecule has 0 spiro atoms. The van der Waals surface area contributed by atoms with Crippen LogP contribution in [0.1, 0.15) is 110 Å². The first-order valence-corrected chi connectivity index (χ1v) is 11.2. The maximum atomic E-state index is 12.0. The molecule has 0 radical (unpaired) electrons. The lowest BCUT2D eigenvalue weighted by Gasteiger charge is -2.22. The van der Waals surface area contributed by atoms with Crippen LogP contribution in [0.2, 0.25) is 0 Å². The molecule has 0 amide bonds. The van der Waals surface area contributed by atoms with Gasteiger partial charge in [-0.25, -0.2) is 9.59 Å². The highest BCUT2D eigenvalue weighted by Gasteiger charge is 2.18. The van der Waals surface area contributed by atoms with Gasteiger partial charge in [0, 0.05) is 11.6 Å². The molecule has 0 unspecified atom stereocenters. The molecule has 0 bridgehead atoms. The highest BCUT2D eigenvalue weighted by atomic mass is 16.5. The normalized spacial score (nSPS) is 13.9. The number of hydrogen-bond donors (Lipinski definition) is 1. The summed E-state index contributed by atoms with van der Waals surface area (Å²) in [6, 6.07) is 0. The molecule has 0 heterocycles. The van der Waals surface area contributed by atoms with Crippen LogP contribution >= 0.6 is 0 Å². The lowest BCUT2D eigenvalue weighted by atomic mass is 9.97. The summed E-state index contributed by atoms with van der Waals surface area (Å²) in [4.78, 5) is 21.2. The quantitative estimate of drug-likeness (QED) is 0.196. The second-order valence-corrected chi connectivity index (χ2v) is 7.74. The van der Waals surface area contributed by atoms with E-state index in [2.05, 4.69) is 20.1 Å². The molecular formula is C24H42O4. The molecule has 1 fully saturated rings. The first kappa shape index (κ1) is 26.4. The third-order valence-corrected chi connectivity index (χ3v) is 5.12. The minimum Gasteiger partial charge on any atom is -0.478 e. The first-order chi connectivity index (χ1) is 13.5. The van der Waals surface area contributed by atoms with Gasteiger partial charge in [-0.05, 0) is 38.5 Å². The summed E-state index contributed by atoms with van der Waals surface area (Å²) in [7, 11) is 0. The van der Waals surface area contributed by atoms with Crippen LogP contribution in [0, 0.1) is 0 Å². The van der Waals surface area contributed by atoms with Crippen molar-refractivity contribution in [3.8, 4) is 0 Å². The summed E-state index contributed by atoms with van der Waals surface area (Å²) < 4.78 is 5.56. The molecule has 0 atom stereocenters. The lowest BCUT2D eigenvalue weighted by molar-refractivity contribution is -0.145. The van der Waals surface area contributed by atoms with Gasteiger partial charge in [0.15, 0.2) is 0 Å². The molecule has 1 N–H and O–H groups in total. The Hall–Kier alpha value is -1.58. The van der Waals surface area contributed by atoms with Crippen LogP contribution in [-0.2, 0) is 14.3 Å². The van der Waals surface area contributed by atoms with Crippen LogP contribution in [0.5, 0.6) is 0 Å². The Balaban J connectivity index is 0.00000129.